The van der Waals surface area contributed by atoms with Crippen molar-refractivity contribution >= 4 is 24.0 Å². The zero-order valence-electron chi connectivity index (χ0n) is 4.09. The molecule has 0 fully saturated rings. The number of halogens is 1. The summed E-state index contributed by atoms with van der Waals surface area (Å²) in [5.74, 6) is 0. The van der Waals surface area contributed by atoms with Crippen molar-refractivity contribution in [2.24, 2.45) is 7.05 Å². The minimum atomic E-state index is 0. The normalized spacial score (nSPS) is 7.57. The summed E-state index contributed by atoms with van der Waals surface area (Å²) in [6.45, 7) is 0. The largest absolute Gasteiger partial charge is 0.250 e. The van der Waals surface area contributed by atoms with E-state index in [1.54, 1.807) is 0 Å². The van der Waals surface area contributed by atoms with E-state index in [0.717, 1.165) is 0 Å². The molecule has 0 saturated carbocycles. The average Bonchev–Trinajstić information content (AvgIpc) is 1.86. The fraction of sp³-hybridized carbons (Fsp3) is 0.250. The van der Waals surface area contributed by atoms with Gasteiger partial charge >= 0.3 is 0 Å². The van der Waals surface area contributed by atoms with Crippen LogP contribution in [-0.4, -0.2) is 4.98 Å². The van der Waals surface area contributed by atoms with Crippen LogP contribution in [0.2, 0.25) is 0 Å². The summed E-state index contributed by atoms with van der Waals surface area (Å²) in [7, 11) is 1.97. The van der Waals surface area contributed by atoms with Gasteiger partial charge in [0.2, 0.25) is 6.33 Å². The second-order valence-corrected chi connectivity index (χ2v) is 1.28. The maximum atomic E-state index is 2.89. The maximum Gasteiger partial charge on any atom is 0.241 e. The fourth-order valence-corrected chi connectivity index (χ4v) is 0.364. The topological polar surface area (TPSA) is 19.7 Å². The zero-order chi connectivity index (χ0) is 4.41. The molecule has 0 unspecified atom stereocenters. The van der Waals surface area contributed by atoms with E-state index in [1.807, 2.05) is 30.3 Å². The van der Waals surface area contributed by atoms with Gasteiger partial charge in [0.1, 0.15) is 12.4 Å². The van der Waals surface area contributed by atoms with Crippen LogP contribution >= 0.6 is 24.0 Å². The van der Waals surface area contributed by atoms with Gasteiger partial charge in [-0.15, -0.1) is 24.0 Å². The highest BCUT2D eigenvalue weighted by Gasteiger charge is 1.78. The van der Waals surface area contributed by atoms with Crippen LogP contribution in [0.5, 0.6) is 0 Å². The van der Waals surface area contributed by atoms with Crippen LogP contribution in [0.4, 0.5) is 0 Å². The molecule has 7 heavy (non-hydrogen) atoms. The Balaban J connectivity index is 0.000000360. The number of rotatable bonds is 0. The van der Waals surface area contributed by atoms with Crippen LogP contribution in [0.25, 0.3) is 0 Å². The van der Waals surface area contributed by atoms with Gasteiger partial charge in [-0.2, -0.15) is 0 Å². The van der Waals surface area contributed by atoms with Gasteiger partial charge in [0.25, 0.3) is 0 Å². The van der Waals surface area contributed by atoms with Gasteiger partial charge in [-0.1, -0.05) is 0 Å². The zero-order valence-corrected chi connectivity index (χ0v) is 6.42. The summed E-state index contributed by atoms with van der Waals surface area (Å²) in [4.78, 5) is 2.89. The van der Waals surface area contributed by atoms with Gasteiger partial charge < -0.3 is 0 Å². The van der Waals surface area contributed by atoms with E-state index in [2.05, 4.69) is 4.98 Å². The highest BCUT2D eigenvalue weighted by Crippen LogP contribution is 1.59. The van der Waals surface area contributed by atoms with Crippen LogP contribution in [-0.2, 0) is 7.05 Å². The Labute approximate surface area is 59.6 Å². The molecule has 3 heteroatoms. The first-order valence-corrected chi connectivity index (χ1v) is 1.87. The molecule has 0 aliphatic heterocycles. The van der Waals surface area contributed by atoms with E-state index in [1.165, 1.54) is 0 Å². The lowest BCUT2D eigenvalue weighted by Crippen LogP contribution is -2.22. The Morgan fingerprint density at radius 2 is 2.29 bits per heavy atom. The lowest BCUT2D eigenvalue weighted by molar-refractivity contribution is -0.670. The minimum Gasteiger partial charge on any atom is -0.250 e. The molecule has 1 rings (SSSR count). The number of aryl methyl sites for hydroxylation is 1. The first-order chi connectivity index (χ1) is 2.89. The number of aromatic amines is 1. The lowest BCUT2D eigenvalue weighted by Gasteiger charge is -1.66. The molecule has 1 aromatic heterocycles. The summed E-state index contributed by atoms with van der Waals surface area (Å²) >= 11 is 0. The predicted molar refractivity (Wildman–Crippen MR) is 37.4 cm³/mol. The van der Waals surface area contributed by atoms with Crippen LogP contribution in [0, 0.1) is 0 Å². The van der Waals surface area contributed by atoms with Crippen LogP contribution in [0.1, 0.15) is 0 Å². The highest BCUT2D eigenvalue weighted by atomic mass is 127. The average molecular weight is 211 g/mol. The van der Waals surface area contributed by atoms with Crippen molar-refractivity contribution in [3.63, 3.8) is 0 Å². The van der Waals surface area contributed by atoms with Crippen LogP contribution in [0.3, 0.4) is 0 Å². The molecule has 0 aliphatic carbocycles. The van der Waals surface area contributed by atoms with Crippen LogP contribution < -0.4 is 4.57 Å². The summed E-state index contributed by atoms with van der Waals surface area (Å²) in [5, 5.41) is 0. The van der Waals surface area contributed by atoms with E-state index in [-0.39, 0.29) is 24.0 Å². The number of H-pyrrole nitrogens is 1. The summed E-state index contributed by atoms with van der Waals surface area (Å²) < 4.78 is 1.94. The molecular formula is C4H8IN2+. The van der Waals surface area contributed by atoms with Crippen molar-refractivity contribution < 1.29 is 4.57 Å². The first kappa shape index (κ1) is 6.94. The molecule has 1 heterocycles. The third kappa shape index (κ3) is 1.91. The maximum absolute atomic E-state index is 2.89. The molecule has 0 atom stereocenters. The highest BCUT2D eigenvalue weighted by molar-refractivity contribution is 14.0. The summed E-state index contributed by atoms with van der Waals surface area (Å²) in [6.07, 6.45) is 5.69. The molecule has 1 N–H and O–H groups in total. The number of imidazole rings is 1. The van der Waals surface area contributed by atoms with E-state index >= 15 is 0 Å². The van der Waals surface area contributed by atoms with Crippen molar-refractivity contribution in [2.75, 3.05) is 0 Å². The molecule has 0 saturated heterocycles. The quantitative estimate of drug-likeness (QED) is 0.475. The van der Waals surface area contributed by atoms with Gasteiger partial charge in [0, 0.05) is 0 Å². The third-order valence-corrected chi connectivity index (χ3v) is 0.684. The molecular weight excluding hydrogens is 203 g/mol. The molecule has 0 radical (unpaired) electrons. The van der Waals surface area contributed by atoms with Crippen LogP contribution in [0.15, 0.2) is 18.7 Å². The number of aromatic nitrogens is 2. The second-order valence-electron chi connectivity index (χ2n) is 1.28. The smallest absolute Gasteiger partial charge is 0.241 e. The Bertz CT molecular complexity index is 113. The molecule has 0 aromatic carbocycles. The molecule has 0 spiro atoms. The van der Waals surface area contributed by atoms with Gasteiger partial charge in [0.05, 0.1) is 7.05 Å². The SMILES string of the molecule is C[n+]1cc[nH]c1.I. The van der Waals surface area contributed by atoms with E-state index in [4.69, 9.17) is 0 Å². The molecule has 0 aliphatic rings. The van der Waals surface area contributed by atoms with Crippen molar-refractivity contribution in [2.45, 2.75) is 0 Å². The van der Waals surface area contributed by atoms with Crippen molar-refractivity contribution in [3.05, 3.63) is 18.7 Å². The monoisotopic (exact) mass is 211 g/mol. The van der Waals surface area contributed by atoms with Gasteiger partial charge in [-0.25, -0.2) is 4.57 Å². The lowest BCUT2D eigenvalue weighted by atomic mass is 10.9. The Morgan fingerprint density at radius 3 is 2.43 bits per heavy atom. The molecule has 0 bridgehead atoms. The Kier molecular flexibility index (Phi) is 2.98. The predicted octanol–water partition coefficient (Wildman–Crippen LogP) is 0.457. The Hall–Kier alpha value is -0.0600. The number of hydrogen-bond acceptors (Lipinski definition) is 0. The van der Waals surface area contributed by atoms with E-state index < -0.39 is 0 Å². The third-order valence-electron chi connectivity index (χ3n) is 0.684. The summed E-state index contributed by atoms with van der Waals surface area (Å²) in [6, 6.07) is 0. The van der Waals surface area contributed by atoms with Crippen molar-refractivity contribution in [1.29, 1.82) is 0 Å². The Morgan fingerprint density at radius 1 is 1.57 bits per heavy atom. The van der Waals surface area contributed by atoms with Crippen molar-refractivity contribution in [1.82, 2.24) is 4.98 Å². The summed E-state index contributed by atoms with van der Waals surface area (Å²) in [5.41, 5.74) is 0. The van der Waals surface area contributed by atoms with E-state index in [9.17, 15) is 0 Å². The fourth-order valence-electron chi connectivity index (χ4n) is 0.364. The second kappa shape index (κ2) is 3.01. The molecule has 0 amide bonds. The molecule has 40 valence electrons. The molecule has 1 aromatic rings. The number of nitrogens with one attached hydrogen (secondary N) is 1. The van der Waals surface area contributed by atoms with Gasteiger partial charge in [-0.05, 0) is 0 Å². The van der Waals surface area contributed by atoms with E-state index in [0.29, 0.717) is 0 Å². The number of nitrogens with zero attached hydrogens (tertiary/aromatic N) is 1. The number of hydrogen-bond donors (Lipinski definition) is 1. The minimum absolute atomic E-state index is 0. The van der Waals surface area contributed by atoms with Crippen molar-refractivity contribution in [3.8, 4) is 0 Å². The molecule has 2 nitrogen and oxygen atoms in total. The standard InChI is InChI=1S/C4H6N2.HI/c1-6-3-2-5-4-6;/h2-4H,1H3;1H/p+1. The first-order valence-electron chi connectivity index (χ1n) is 1.87. The van der Waals surface area contributed by atoms with Gasteiger partial charge in [0.15, 0.2) is 0 Å². The van der Waals surface area contributed by atoms with Gasteiger partial charge in [-0.3, -0.25) is 4.98 Å².